The van der Waals surface area contributed by atoms with Crippen molar-refractivity contribution < 1.29 is 10.2 Å². The minimum absolute atomic E-state index is 0.00831. The van der Waals surface area contributed by atoms with Gasteiger partial charge in [0.25, 0.3) is 0 Å². The van der Waals surface area contributed by atoms with Crippen LogP contribution in [0.15, 0.2) is 24.3 Å². The summed E-state index contributed by atoms with van der Waals surface area (Å²) in [5.74, 6) is 0.895. The molecule has 37 heavy (non-hydrogen) atoms. The molecule has 2 heteroatoms. The van der Waals surface area contributed by atoms with Gasteiger partial charge in [0.15, 0.2) is 0 Å². The maximum absolute atomic E-state index is 11.8. The molecule has 0 unspecified atom stereocenters. The van der Waals surface area contributed by atoms with Gasteiger partial charge >= 0.3 is 0 Å². The standard InChI is InChI=1S/C35H52O2/c1-32(2,3)26-20-24(30(36)28(22-26)34(7)15-11-9-12-16-34)19-25-21-27(33(4,5)6)23-29(31(25)37)35(8)17-13-10-14-18-35/h20-23,36-37H,9-19H2,1-8H3. The average molecular weight is 505 g/mol. The molecule has 204 valence electrons. The summed E-state index contributed by atoms with van der Waals surface area (Å²) < 4.78 is 0. The minimum Gasteiger partial charge on any atom is -0.507 e. The van der Waals surface area contributed by atoms with Crippen molar-refractivity contribution in [3.63, 3.8) is 0 Å². The lowest BCUT2D eigenvalue weighted by Gasteiger charge is -2.37. The molecule has 2 aliphatic carbocycles. The second-order valence-electron chi connectivity index (χ2n) is 15.0. The highest BCUT2D eigenvalue weighted by Gasteiger charge is 2.35. The van der Waals surface area contributed by atoms with E-state index in [1.54, 1.807) is 0 Å². The zero-order chi connectivity index (χ0) is 27.2. The molecule has 0 atom stereocenters. The number of phenolic OH excluding ortho intramolecular Hbond substituents is 2. The molecule has 0 aliphatic heterocycles. The third-order valence-electron chi connectivity index (χ3n) is 9.71. The molecule has 4 rings (SSSR count). The smallest absolute Gasteiger partial charge is 0.122 e. The minimum atomic E-state index is -0.0156. The van der Waals surface area contributed by atoms with E-state index in [1.807, 2.05) is 0 Å². The van der Waals surface area contributed by atoms with Crippen molar-refractivity contribution in [1.82, 2.24) is 0 Å². The summed E-state index contributed by atoms with van der Waals surface area (Å²) >= 11 is 0. The molecule has 0 saturated heterocycles. The number of benzene rings is 2. The quantitative estimate of drug-likeness (QED) is 0.435. The number of hydrogen-bond acceptors (Lipinski definition) is 2. The maximum Gasteiger partial charge on any atom is 0.122 e. The summed E-state index contributed by atoms with van der Waals surface area (Å²) in [6, 6.07) is 8.97. The highest BCUT2D eigenvalue weighted by Crippen LogP contribution is 2.48. The summed E-state index contributed by atoms with van der Waals surface area (Å²) in [4.78, 5) is 0. The van der Waals surface area contributed by atoms with E-state index < -0.39 is 0 Å². The SMILES string of the molecule is CC(C)(C)c1cc(Cc2cc(C(C)(C)C)cc(C3(C)CCCCC3)c2O)c(O)c(C2(C)CCCCC2)c1. The van der Waals surface area contributed by atoms with Gasteiger partial charge < -0.3 is 10.2 Å². The van der Waals surface area contributed by atoms with Crippen LogP contribution in [0.3, 0.4) is 0 Å². The third kappa shape index (κ3) is 5.74. The molecule has 2 aliphatic rings. The molecule has 0 bridgehead atoms. The molecule has 2 N–H and O–H groups in total. The Hall–Kier alpha value is -1.96. The molecule has 0 radical (unpaired) electrons. The van der Waals surface area contributed by atoms with Gasteiger partial charge in [-0.2, -0.15) is 0 Å². The van der Waals surface area contributed by atoms with Crippen LogP contribution in [0.5, 0.6) is 11.5 Å². The fourth-order valence-corrected chi connectivity index (χ4v) is 6.85. The van der Waals surface area contributed by atoms with E-state index in [0.29, 0.717) is 17.9 Å². The van der Waals surface area contributed by atoms with Crippen molar-refractivity contribution in [2.75, 3.05) is 0 Å². The Morgan fingerprint density at radius 2 is 0.892 bits per heavy atom. The molecule has 0 aromatic heterocycles. The van der Waals surface area contributed by atoms with Crippen molar-refractivity contribution in [1.29, 1.82) is 0 Å². The molecule has 0 spiro atoms. The van der Waals surface area contributed by atoms with Crippen LogP contribution in [-0.2, 0) is 28.1 Å². The first-order chi connectivity index (χ1) is 17.1. The fourth-order valence-electron chi connectivity index (χ4n) is 6.85. The maximum atomic E-state index is 11.8. The van der Waals surface area contributed by atoms with E-state index in [9.17, 15) is 10.2 Å². The predicted molar refractivity (Wildman–Crippen MR) is 157 cm³/mol. The first-order valence-electron chi connectivity index (χ1n) is 14.9. The van der Waals surface area contributed by atoms with Crippen molar-refractivity contribution in [3.05, 3.63) is 57.6 Å². The zero-order valence-electron chi connectivity index (χ0n) is 25.0. The van der Waals surface area contributed by atoms with Crippen LogP contribution < -0.4 is 0 Å². The van der Waals surface area contributed by atoms with Crippen LogP contribution >= 0.6 is 0 Å². The average Bonchev–Trinajstić information content (AvgIpc) is 2.80. The third-order valence-corrected chi connectivity index (χ3v) is 9.71. The lowest BCUT2D eigenvalue weighted by Crippen LogP contribution is -2.27. The van der Waals surface area contributed by atoms with E-state index >= 15 is 0 Å². The Balaban J connectivity index is 1.87. The van der Waals surface area contributed by atoms with Crippen molar-refractivity contribution >= 4 is 0 Å². The summed E-state index contributed by atoms with van der Waals surface area (Å²) in [5, 5.41) is 23.5. The number of hydrogen-bond donors (Lipinski definition) is 2. The molecule has 0 heterocycles. The van der Waals surface area contributed by atoms with Gasteiger partial charge in [-0.3, -0.25) is 0 Å². The lowest BCUT2D eigenvalue weighted by molar-refractivity contribution is 0.306. The van der Waals surface area contributed by atoms with E-state index in [0.717, 1.165) is 47.9 Å². The molecule has 2 nitrogen and oxygen atoms in total. The molecule has 2 saturated carbocycles. The van der Waals surface area contributed by atoms with E-state index in [1.165, 1.54) is 49.7 Å². The van der Waals surface area contributed by atoms with E-state index in [2.05, 4.69) is 79.7 Å². The molecular formula is C35H52O2. The van der Waals surface area contributed by atoms with Crippen LogP contribution in [0, 0.1) is 0 Å². The van der Waals surface area contributed by atoms with Crippen molar-refractivity contribution in [3.8, 4) is 11.5 Å². The van der Waals surface area contributed by atoms with Crippen LogP contribution in [0.4, 0.5) is 0 Å². The summed E-state index contributed by atoms with van der Waals surface area (Å²) in [6.45, 7) is 18.2. The Morgan fingerprint density at radius 1 is 0.568 bits per heavy atom. The topological polar surface area (TPSA) is 40.5 Å². The Kier molecular flexibility index (Phi) is 7.56. The van der Waals surface area contributed by atoms with E-state index in [-0.39, 0.29) is 21.7 Å². The number of phenols is 2. The summed E-state index contributed by atoms with van der Waals surface area (Å²) in [5.41, 5.74) is 6.66. The lowest BCUT2D eigenvalue weighted by atomic mass is 9.68. The molecule has 2 fully saturated rings. The zero-order valence-corrected chi connectivity index (χ0v) is 25.0. The first kappa shape index (κ1) is 28.1. The Labute approximate surface area is 226 Å². The Bertz CT molecular complexity index is 1020. The largest absolute Gasteiger partial charge is 0.507 e. The van der Waals surface area contributed by atoms with Gasteiger partial charge in [0, 0.05) is 17.5 Å². The van der Waals surface area contributed by atoms with E-state index in [4.69, 9.17) is 0 Å². The van der Waals surface area contributed by atoms with Gasteiger partial charge in [0.2, 0.25) is 0 Å². The summed E-state index contributed by atoms with van der Waals surface area (Å²) in [7, 11) is 0. The van der Waals surface area contributed by atoms with Gasteiger partial charge in [-0.05, 0) is 69.6 Å². The van der Waals surface area contributed by atoms with Crippen LogP contribution in [0.2, 0.25) is 0 Å². The molecule has 2 aromatic rings. The second kappa shape index (κ2) is 9.97. The first-order valence-corrected chi connectivity index (χ1v) is 14.9. The van der Waals surface area contributed by atoms with Gasteiger partial charge in [0.05, 0.1) is 0 Å². The predicted octanol–water partition coefficient (Wildman–Crippen LogP) is 9.73. The normalized spacial score (nSPS) is 20.1. The van der Waals surface area contributed by atoms with Crippen molar-refractivity contribution in [2.45, 2.75) is 148 Å². The number of aromatic hydroxyl groups is 2. The molecular weight excluding hydrogens is 452 g/mol. The molecule has 0 amide bonds. The van der Waals surface area contributed by atoms with Crippen LogP contribution in [0.25, 0.3) is 0 Å². The van der Waals surface area contributed by atoms with Crippen LogP contribution in [0.1, 0.15) is 153 Å². The Morgan fingerprint density at radius 3 is 1.19 bits per heavy atom. The van der Waals surface area contributed by atoms with Gasteiger partial charge in [-0.25, -0.2) is 0 Å². The van der Waals surface area contributed by atoms with Gasteiger partial charge in [-0.15, -0.1) is 0 Å². The van der Waals surface area contributed by atoms with Gasteiger partial charge in [0.1, 0.15) is 11.5 Å². The van der Waals surface area contributed by atoms with Crippen molar-refractivity contribution in [2.24, 2.45) is 0 Å². The molecule has 2 aromatic carbocycles. The second-order valence-corrected chi connectivity index (χ2v) is 15.0. The highest BCUT2D eigenvalue weighted by atomic mass is 16.3. The fraction of sp³-hybridized carbons (Fsp3) is 0.657. The van der Waals surface area contributed by atoms with Crippen LogP contribution in [-0.4, -0.2) is 10.2 Å². The van der Waals surface area contributed by atoms with Gasteiger partial charge in [-0.1, -0.05) is 118 Å². The summed E-state index contributed by atoms with van der Waals surface area (Å²) in [6.07, 6.45) is 12.5. The number of rotatable bonds is 4. The highest BCUT2D eigenvalue weighted by molar-refractivity contribution is 5.55. The monoisotopic (exact) mass is 504 g/mol.